The summed E-state index contributed by atoms with van der Waals surface area (Å²) in [6.07, 6.45) is -0.0579. The van der Waals surface area contributed by atoms with Crippen LogP contribution in [0.2, 0.25) is 0 Å². The zero-order valence-electron chi connectivity index (χ0n) is 11.7. The smallest absolute Gasteiger partial charge is 0.322 e. The molecule has 118 valence electrons. The van der Waals surface area contributed by atoms with Gasteiger partial charge in [-0.3, -0.25) is 4.79 Å². The molecule has 0 aliphatic rings. The molecule has 21 heavy (non-hydrogen) atoms. The second-order valence-electron chi connectivity index (χ2n) is 4.40. The summed E-state index contributed by atoms with van der Waals surface area (Å²) in [5.41, 5.74) is 0.523. The molecule has 1 atom stereocenters. The Morgan fingerprint density at radius 1 is 1.43 bits per heavy atom. The summed E-state index contributed by atoms with van der Waals surface area (Å²) in [4.78, 5) is 11.2. The Balaban J connectivity index is 2.72. The highest BCUT2D eigenvalue weighted by atomic mass is 32.2. The molecule has 0 radical (unpaired) electrons. The molecule has 3 N–H and O–H groups in total. The maximum absolute atomic E-state index is 11.8. The highest BCUT2D eigenvalue weighted by Crippen LogP contribution is 2.13. The molecule has 0 aliphatic carbocycles. The molecule has 0 spiro atoms. The van der Waals surface area contributed by atoms with E-state index in [0.29, 0.717) is 12.2 Å². The van der Waals surface area contributed by atoms with Gasteiger partial charge in [-0.25, -0.2) is 13.1 Å². The molecule has 0 fully saturated rings. The highest BCUT2D eigenvalue weighted by molar-refractivity contribution is 7.89. The summed E-state index contributed by atoms with van der Waals surface area (Å²) in [6.45, 7) is 2.13. The summed E-state index contributed by atoms with van der Waals surface area (Å²) in [5, 5.41) is 18.5. The van der Waals surface area contributed by atoms with Gasteiger partial charge in [0.15, 0.2) is 0 Å². The lowest BCUT2D eigenvalue weighted by Gasteiger charge is -2.15. The van der Waals surface area contributed by atoms with Gasteiger partial charge in [0.1, 0.15) is 11.8 Å². The molecule has 0 amide bonds. The van der Waals surface area contributed by atoms with Crippen LogP contribution in [0.1, 0.15) is 12.5 Å². The molecule has 0 heterocycles. The van der Waals surface area contributed by atoms with Gasteiger partial charge >= 0.3 is 5.97 Å². The van der Waals surface area contributed by atoms with E-state index in [9.17, 15) is 18.3 Å². The number of sulfonamides is 1. The van der Waals surface area contributed by atoms with Gasteiger partial charge in [0.25, 0.3) is 0 Å². The molecule has 1 rings (SSSR count). The van der Waals surface area contributed by atoms with E-state index in [-0.39, 0.29) is 24.5 Å². The van der Waals surface area contributed by atoms with E-state index in [4.69, 9.17) is 9.84 Å². The molecule has 0 aromatic heterocycles. The van der Waals surface area contributed by atoms with Crippen molar-refractivity contribution < 1.29 is 28.2 Å². The maximum atomic E-state index is 11.8. The van der Waals surface area contributed by atoms with Gasteiger partial charge in [-0.2, -0.15) is 0 Å². The summed E-state index contributed by atoms with van der Waals surface area (Å²) in [6, 6.07) is 4.73. The van der Waals surface area contributed by atoms with Crippen molar-refractivity contribution in [3.05, 3.63) is 29.8 Å². The van der Waals surface area contributed by atoms with Crippen LogP contribution in [0, 0.1) is 0 Å². The predicted octanol–water partition coefficient (Wildman–Crippen LogP) is 0.344. The van der Waals surface area contributed by atoms with Crippen molar-refractivity contribution in [3.8, 4) is 5.75 Å². The number of hydrogen-bond donors (Lipinski definition) is 3. The number of ether oxygens (including phenoxy) is 1. The molecule has 0 aliphatic heterocycles. The van der Waals surface area contributed by atoms with E-state index in [2.05, 4.69) is 4.72 Å². The minimum atomic E-state index is -3.75. The Morgan fingerprint density at radius 3 is 2.71 bits per heavy atom. The van der Waals surface area contributed by atoms with Gasteiger partial charge in [-0.05, 0) is 31.0 Å². The van der Waals surface area contributed by atoms with E-state index < -0.39 is 22.0 Å². The quantitative estimate of drug-likeness (QED) is 0.566. The van der Waals surface area contributed by atoms with Crippen LogP contribution in [0.25, 0.3) is 0 Å². The zero-order chi connectivity index (χ0) is 15.9. The van der Waals surface area contributed by atoms with Crippen LogP contribution < -0.4 is 4.72 Å². The SMILES string of the molecule is CCOCCS(=O)(=O)NC(Cc1cccc(O)c1)C(=O)O. The number of carboxylic acids is 1. The molecule has 8 heteroatoms. The third-order valence-electron chi connectivity index (χ3n) is 2.67. The third-order valence-corrected chi connectivity index (χ3v) is 4.02. The molecular formula is C13H19NO6S. The summed E-state index contributed by atoms with van der Waals surface area (Å²) in [5.74, 6) is -1.58. The standard InChI is InChI=1S/C13H19NO6S/c1-2-20-6-7-21(18,19)14-12(13(16)17)9-10-4-3-5-11(15)8-10/h3-5,8,12,14-15H,2,6-7,9H2,1H3,(H,16,17). The van der Waals surface area contributed by atoms with Crippen molar-refractivity contribution in [3.63, 3.8) is 0 Å². The Morgan fingerprint density at radius 2 is 2.14 bits per heavy atom. The molecular weight excluding hydrogens is 298 g/mol. The van der Waals surface area contributed by atoms with Gasteiger partial charge < -0.3 is 14.9 Å². The van der Waals surface area contributed by atoms with Crippen LogP contribution in [0.3, 0.4) is 0 Å². The lowest BCUT2D eigenvalue weighted by molar-refractivity contribution is -0.138. The average Bonchev–Trinajstić information content (AvgIpc) is 2.37. The number of carboxylic acid groups (broad SMARTS) is 1. The summed E-state index contributed by atoms with van der Waals surface area (Å²) >= 11 is 0. The van der Waals surface area contributed by atoms with Crippen LogP contribution in [0.4, 0.5) is 0 Å². The second kappa shape index (κ2) is 7.96. The van der Waals surface area contributed by atoms with Crippen LogP contribution in [-0.4, -0.2) is 49.6 Å². The number of hydrogen-bond acceptors (Lipinski definition) is 5. The monoisotopic (exact) mass is 317 g/mol. The normalized spacial score (nSPS) is 13.0. The Bertz CT molecular complexity index is 572. The number of aliphatic carboxylic acids is 1. The average molecular weight is 317 g/mol. The first-order chi connectivity index (χ1) is 9.84. The van der Waals surface area contributed by atoms with Gasteiger partial charge in [0.05, 0.1) is 12.4 Å². The van der Waals surface area contributed by atoms with E-state index in [1.54, 1.807) is 19.1 Å². The topological polar surface area (TPSA) is 113 Å². The number of rotatable bonds is 9. The molecule has 0 bridgehead atoms. The first kappa shape index (κ1) is 17.4. The molecule has 0 saturated heterocycles. The predicted molar refractivity (Wildman–Crippen MR) is 76.7 cm³/mol. The van der Waals surface area contributed by atoms with E-state index in [1.165, 1.54) is 12.1 Å². The largest absolute Gasteiger partial charge is 0.508 e. The van der Waals surface area contributed by atoms with Gasteiger partial charge in [0, 0.05) is 6.61 Å². The Labute approximate surface area is 123 Å². The number of phenolic OH excluding ortho intramolecular Hbond substituents is 1. The van der Waals surface area contributed by atoms with Gasteiger partial charge in [0.2, 0.25) is 10.0 Å². The van der Waals surface area contributed by atoms with Crippen LogP contribution >= 0.6 is 0 Å². The fourth-order valence-corrected chi connectivity index (χ4v) is 2.76. The summed E-state index contributed by atoms with van der Waals surface area (Å²) in [7, 11) is -3.75. The Hall–Kier alpha value is -1.64. The molecule has 7 nitrogen and oxygen atoms in total. The number of phenols is 1. The van der Waals surface area contributed by atoms with Crippen molar-refractivity contribution in [2.75, 3.05) is 19.0 Å². The Kier molecular flexibility index (Phi) is 6.60. The first-order valence-corrected chi connectivity index (χ1v) is 8.07. The van der Waals surface area contributed by atoms with Crippen LogP contribution in [-0.2, 0) is 26.0 Å². The minimum absolute atomic E-state index is 0.00385. The molecule has 0 saturated carbocycles. The van der Waals surface area contributed by atoms with Crippen LogP contribution in [0.5, 0.6) is 5.75 Å². The fraction of sp³-hybridized carbons (Fsp3) is 0.462. The van der Waals surface area contributed by atoms with Crippen LogP contribution in [0.15, 0.2) is 24.3 Å². The lowest BCUT2D eigenvalue weighted by Crippen LogP contribution is -2.43. The van der Waals surface area contributed by atoms with Crippen molar-refractivity contribution in [2.24, 2.45) is 0 Å². The van der Waals surface area contributed by atoms with Gasteiger partial charge in [-0.1, -0.05) is 12.1 Å². The van der Waals surface area contributed by atoms with E-state index >= 15 is 0 Å². The van der Waals surface area contributed by atoms with Crippen molar-refractivity contribution in [1.29, 1.82) is 0 Å². The lowest BCUT2D eigenvalue weighted by atomic mass is 10.1. The number of carbonyl (C=O) groups is 1. The minimum Gasteiger partial charge on any atom is -0.508 e. The number of aromatic hydroxyl groups is 1. The molecule has 1 aromatic carbocycles. The summed E-state index contributed by atoms with van der Waals surface area (Å²) < 4.78 is 30.6. The number of nitrogens with one attached hydrogen (secondary N) is 1. The first-order valence-electron chi connectivity index (χ1n) is 6.42. The van der Waals surface area contributed by atoms with Gasteiger partial charge in [-0.15, -0.1) is 0 Å². The van der Waals surface area contributed by atoms with E-state index in [1.807, 2.05) is 0 Å². The third kappa shape index (κ3) is 6.56. The van der Waals surface area contributed by atoms with Crippen molar-refractivity contribution in [1.82, 2.24) is 4.72 Å². The number of benzene rings is 1. The maximum Gasteiger partial charge on any atom is 0.322 e. The fourth-order valence-electron chi connectivity index (χ4n) is 1.69. The second-order valence-corrected chi connectivity index (χ2v) is 6.27. The molecule has 1 unspecified atom stereocenters. The van der Waals surface area contributed by atoms with Crippen molar-refractivity contribution >= 4 is 16.0 Å². The highest BCUT2D eigenvalue weighted by Gasteiger charge is 2.24. The van der Waals surface area contributed by atoms with Crippen molar-refractivity contribution in [2.45, 2.75) is 19.4 Å². The molecule has 1 aromatic rings. The van der Waals surface area contributed by atoms with E-state index in [0.717, 1.165) is 0 Å². The zero-order valence-corrected chi connectivity index (χ0v) is 12.5.